The van der Waals surface area contributed by atoms with Gasteiger partial charge in [0.15, 0.2) is 6.39 Å². The molecule has 2 aromatic rings. The van der Waals surface area contributed by atoms with Crippen LogP contribution in [-0.2, 0) is 6.54 Å². The van der Waals surface area contributed by atoms with Gasteiger partial charge in [0.25, 0.3) is 0 Å². The predicted molar refractivity (Wildman–Crippen MR) is 55.0 cm³/mol. The number of anilines is 1. The maximum absolute atomic E-state index is 13.3. The van der Waals surface area contributed by atoms with Crippen molar-refractivity contribution >= 4 is 5.69 Å². The molecule has 1 N–H and O–H groups in total. The Balaban J connectivity index is 2.07. The summed E-state index contributed by atoms with van der Waals surface area (Å²) in [5, 5.41) is 2.95. The Morgan fingerprint density at radius 1 is 1.47 bits per heavy atom. The van der Waals surface area contributed by atoms with Crippen LogP contribution in [0.15, 0.2) is 35.2 Å². The lowest BCUT2D eigenvalue weighted by Crippen LogP contribution is -2.00. The van der Waals surface area contributed by atoms with Crippen molar-refractivity contribution in [3.8, 4) is 0 Å². The van der Waals surface area contributed by atoms with Crippen molar-refractivity contribution in [3.63, 3.8) is 0 Å². The number of benzene rings is 1. The number of aryl methyl sites for hydroxylation is 1. The summed E-state index contributed by atoms with van der Waals surface area (Å²) < 4.78 is 18.3. The fourth-order valence-electron chi connectivity index (χ4n) is 1.29. The molecule has 15 heavy (non-hydrogen) atoms. The zero-order valence-electron chi connectivity index (χ0n) is 8.33. The molecular formula is C11H11FN2O. The lowest BCUT2D eigenvalue weighted by molar-refractivity contribution is 0.511. The van der Waals surface area contributed by atoms with E-state index in [1.165, 1.54) is 12.5 Å². The van der Waals surface area contributed by atoms with Gasteiger partial charge in [0, 0.05) is 0 Å². The van der Waals surface area contributed by atoms with E-state index in [9.17, 15) is 4.39 Å². The largest absolute Gasteiger partial charge is 0.447 e. The fourth-order valence-corrected chi connectivity index (χ4v) is 1.29. The van der Waals surface area contributed by atoms with Crippen molar-refractivity contribution in [1.82, 2.24) is 4.98 Å². The van der Waals surface area contributed by atoms with Gasteiger partial charge in [-0.2, -0.15) is 0 Å². The molecule has 4 heteroatoms. The zero-order chi connectivity index (χ0) is 10.7. The highest BCUT2D eigenvalue weighted by atomic mass is 19.1. The molecule has 2 rings (SSSR count). The molecule has 0 saturated heterocycles. The van der Waals surface area contributed by atoms with Crippen LogP contribution in [0, 0.1) is 12.7 Å². The second-order valence-electron chi connectivity index (χ2n) is 3.30. The summed E-state index contributed by atoms with van der Waals surface area (Å²) in [7, 11) is 0. The summed E-state index contributed by atoms with van der Waals surface area (Å²) >= 11 is 0. The van der Waals surface area contributed by atoms with Gasteiger partial charge in [0.2, 0.25) is 0 Å². The van der Waals surface area contributed by atoms with Gasteiger partial charge in [-0.05, 0) is 24.6 Å². The molecule has 0 aliphatic carbocycles. The Morgan fingerprint density at radius 3 is 3.07 bits per heavy atom. The van der Waals surface area contributed by atoms with Crippen LogP contribution in [0.4, 0.5) is 10.1 Å². The molecule has 0 aliphatic rings. The SMILES string of the molecule is Cc1ccc(F)c(NCc2cnco2)c1. The summed E-state index contributed by atoms with van der Waals surface area (Å²) in [5.74, 6) is 0.413. The Bertz CT molecular complexity index is 440. The molecular weight excluding hydrogens is 195 g/mol. The van der Waals surface area contributed by atoms with E-state index < -0.39 is 0 Å². The molecule has 3 nitrogen and oxygen atoms in total. The van der Waals surface area contributed by atoms with Crippen molar-refractivity contribution in [2.75, 3.05) is 5.32 Å². The number of hydrogen-bond acceptors (Lipinski definition) is 3. The minimum atomic E-state index is -0.264. The number of aromatic nitrogens is 1. The summed E-state index contributed by atoms with van der Waals surface area (Å²) in [6, 6.07) is 4.93. The Hall–Kier alpha value is -1.84. The molecule has 0 amide bonds. The smallest absolute Gasteiger partial charge is 0.180 e. The first-order valence-corrected chi connectivity index (χ1v) is 4.63. The molecule has 0 unspecified atom stereocenters. The van der Waals surface area contributed by atoms with Crippen molar-refractivity contribution in [1.29, 1.82) is 0 Å². The van der Waals surface area contributed by atoms with E-state index in [0.29, 0.717) is 18.0 Å². The van der Waals surface area contributed by atoms with Crippen LogP contribution in [0.2, 0.25) is 0 Å². The van der Waals surface area contributed by atoms with Crippen LogP contribution >= 0.6 is 0 Å². The van der Waals surface area contributed by atoms with E-state index in [2.05, 4.69) is 10.3 Å². The zero-order valence-corrected chi connectivity index (χ0v) is 8.33. The Kier molecular flexibility index (Phi) is 2.67. The van der Waals surface area contributed by atoms with E-state index in [-0.39, 0.29) is 5.82 Å². The van der Waals surface area contributed by atoms with Gasteiger partial charge in [0.05, 0.1) is 18.4 Å². The van der Waals surface area contributed by atoms with Crippen LogP contribution in [-0.4, -0.2) is 4.98 Å². The third kappa shape index (κ3) is 2.34. The molecule has 0 saturated carbocycles. The minimum absolute atomic E-state index is 0.264. The van der Waals surface area contributed by atoms with Gasteiger partial charge in [-0.1, -0.05) is 6.07 Å². The van der Waals surface area contributed by atoms with Crippen LogP contribution < -0.4 is 5.32 Å². The monoisotopic (exact) mass is 206 g/mol. The first-order chi connectivity index (χ1) is 7.25. The standard InChI is InChI=1S/C11H11FN2O/c1-8-2-3-10(12)11(4-8)14-6-9-5-13-7-15-9/h2-5,7,14H,6H2,1H3. The quantitative estimate of drug-likeness (QED) is 0.839. The van der Waals surface area contributed by atoms with Gasteiger partial charge in [-0.3, -0.25) is 0 Å². The van der Waals surface area contributed by atoms with E-state index >= 15 is 0 Å². The number of rotatable bonds is 3. The number of nitrogens with zero attached hydrogens (tertiary/aromatic N) is 1. The molecule has 0 aliphatic heterocycles. The topological polar surface area (TPSA) is 38.1 Å². The summed E-state index contributed by atoms with van der Waals surface area (Å²) in [6.07, 6.45) is 2.95. The van der Waals surface area contributed by atoms with E-state index in [1.807, 2.05) is 6.92 Å². The van der Waals surface area contributed by atoms with Crippen molar-refractivity contribution in [2.45, 2.75) is 13.5 Å². The molecule has 0 bridgehead atoms. The van der Waals surface area contributed by atoms with E-state index in [0.717, 1.165) is 5.56 Å². The first-order valence-electron chi connectivity index (χ1n) is 4.63. The van der Waals surface area contributed by atoms with Gasteiger partial charge < -0.3 is 9.73 Å². The lowest BCUT2D eigenvalue weighted by atomic mass is 10.2. The molecule has 0 spiro atoms. The maximum atomic E-state index is 13.3. The predicted octanol–water partition coefficient (Wildman–Crippen LogP) is 2.73. The van der Waals surface area contributed by atoms with Gasteiger partial charge in [-0.25, -0.2) is 9.37 Å². The molecule has 0 atom stereocenters. The van der Waals surface area contributed by atoms with Crippen LogP contribution in [0.1, 0.15) is 11.3 Å². The second kappa shape index (κ2) is 4.13. The summed E-state index contributed by atoms with van der Waals surface area (Å²) in [6.45, 7) is 2.35. The first kappa shape index (κ1) is 9.71. The van der Waals surface area contributed by atoms with Crippen LogP contribution in [0.5, 0.6) is 0 Å². The number of halogens is 1. The highest BCUT2D eigenvalue weighted by Crippen LogP contribution is 2.16. The third-order valence-corrected chi connectivity index (χ3v) is 2.06. The van der Waals surface area contributed by atoms with Crippen LogP contribution in [0.25, 0.3) is 0 Å². The normalized spacial score (nSPS) is 10.3. The van der Waals surface area contributed by atoms with Crippen LogP contribution in [0.3, 0.4) is 0 Å². The maximum Gasteiger partial charge on any atom is 0.180 e. The molecule has 78 valence electrons. The average Bonchev–Trinajstić information content (AvgIpc) is 2.72. The summed E-state index contributed by atoms with van der Waals surface area (Å²) in [4.78, 5) is 3.77. The van der Waals surface area contributed by atoms with E-state index in [1.54, 1.807) is 18.3 Å². The highest BCUT2D eigenvalue weighted by molar-refractivity contribution is 5.47. The number of oxazole rings is 1. The van der Waals surface area contributed by atoms with E-state index in [4.69, 9.17) is 4.42 Å². The van der Waals surface area contributed by atoms with Gasteiger partial charge in [0.1, 0.15) is 11.6 Å². The Labute approximate surface area is 86.9 Å². The second-order valence-corrected chi connectivity index (χ2v) is 3.30. The molecule has 0 radical (unpaired) electrons. The number of hydrogen-bond donors (Lipinski definition) is 1. The Morgan fingerprint density at radius 2 is 2.33 bits per heavy atom. The lowest BCUT2D eigenvalue weighted by Gasteiger charge is -2.06. The number of nitrogens with one attached hydrogen (secondary N) is 1. The average molecular weight is 206 g/mol. The molecule has 1 aromatic heterocycles. The highest BCUT2D eigenvalue weighted by Gasteiger charge is 2.02. The third-order valence-electron chi connectivity index (χ3n) is 2.06. The molecule has 1 aromatic carbocycles. The van der Waals surface area contributed by atoms with Crippen molar-refractivity contribution in [2.24, 2.45) is 0 Å². The minimum Gasteiger partial charge on any atom is -0.447 e. The molecule has 0 fully saturated rings. The van der Waals surface area contributed by atoms with Gasteiger partial charge in [-0.15, -0.1) is 0 Å². The van der Waals surface area contributed by atoms with Crippen molar-refractivity contribution < 1.29 is 8.81 Å². The molecule has 1 heterocycles. The van der Waals surface area contributed by atoms with Crippen molar-refractivity contribution in [3.05, 3.63) is 47.9 Å². The van der Waals surface area contributed by atoms with Gasteiger partial charge >= 0.3 is 0 Å². The summed E-state index contributed by atoms with van der Waals surface area (Å²) in [5.41, 5.74) is 1.49. The fraction of sp³-hybridized carbons (Fsp3) is 0.182.